The van der Waals surface area contributed by atoms with Crippen molar-refractivity contribution in [2.75, 3.05) is 0 Å². The molecule has 156 valence electrons. The lowest BCUT2D eigenvalue weighted by atomic mass is 10.1. The summed E-state index contributed by atoms with van der Waals surface area (Å²) < 4.78 is 24.1. The van der Waals surface area contributed by atoms with Gasteiger partial charge in [0, 0.05) is 19.2 Å². The van der Waals surface area contributed by atoms with Crippen LogP contribution in [0.2, 0.25) is 0 Å². The third-order valence-corrected chi connectivity index (χ3v) is 4.68. The number of aryl methyl sites for hydroxylation is 1. The Morgan fingerprint density at radius 3 is 2.58 bits per heavy atom. The summed E-state index contributed by atoms with van der Waals surface area (Å²) in [5.41, 5.74) is 2.65. The molecule has 0 aliphatic rings. The Morgan fingerprint density at radius 1 is 0.968 bits per heavy atom. The summed E-state index contributed by atoms with van der Waals surface area (Å²) in [6.07, 6.45) is 4.28. The number of benzene rings is 2. The molecule has 1 amide bonds. The zero-order chi connectivity index (χ0) is 21.5. The standard InChI is InChI=1S/C25H21FN2O3/c26-20-8-10-21(11-9-20)31-22-4-1-3-18(15-22)7-13-25(29)28-17-19-6-12-23(27-16-19)24-5-2-14-30-24/h1-6,8-12,14-16H,7,13,17H2,(H,28,29). The summed E-state index contributed by atoms with van der Waals surface area (Å²) in [4.78, 5) is 16.6. The topological polar surface area (TPSA) is 64.4 Å². The highest BCUT2D eigenvalue weighted by Crippen LogP contribution is 2.23. The van der Waals surface area contributed by atoms with E-state index in [-0.39, 0.29) is 11.7 Å². The Balaban J connectivity index is 1.25. The molecule has 4 aromatic rings. The lowest BCUT2D eigenvalue weighted by molar-refractivity contribution is -0.121. The van der Waals surface area contributed by atoms with Crippen molar-refractivity contribution in [3.05, 3.63) is 102 Å². The van der Waals surface area contributed by atoms with Crippen LogP contribution in [-0.2, 0) is 17.8 Å². The van der Waals surface area contributed by atoms with Gasteiger partial charge in [-0.1, -0.05) is 18.2 Å². The molecule has 0 saturated carbocycles. The van der Waals surface area contributed by atoms with E-state index in [2.05, 4.69) is 10.3 Å². The third kappa shape index (κ3) is 5.79. The van der Waals surface area contributed by atoms with Gasteiger partial charge in [0.2, 0.25) is 5.91 Å². The fourth-order valence-electron chi connectivity index (χ4n) is 3.05. The lowest BCUT2D eigenvalue weighted by Crippen LogP contribution is -2.23. The van der Waals surface area contributed by atoms with Gasteiger partial charge < -0.3 is 14.5 Å². The van der Waals surface area contributed by atoms with E-state index < -0.39 is 0 Å². The van der Waals surface area contributed by atoms with Gasteiger partial charge in [-0.3, -0.25) is 9.78 Å². The van der Waals surface area contributed by atoms with Crippen LogP contribution in [0.15, 0.2) is 89.7 Å². The highest BCUT2D eigenvalue weighted by molar-refractivity contribution is 5.76. The van der Waals surface area contributed by atoms with Gasteiger partial charge in [-0.15, -0.1) is 0 Å². The number of carbonyl (C=O) groups excluding carboxylic acids is 1. The predicted octanol–water partition coefficient (Wildman–Crippen LogP) is 5.52. The molecule has 0 aliphatic heterocycles. The van der Waals surface area contributed by atoms with Crippen molar-refractivity contribution < 1.29 is 18.3 Å². The minimum Gasteiger partial charge on any atom is -0.463 e. The molecule has 4 rings (SSSR count). The van der Waals surface area contributed by atoms with Gasteiger partial charge in [0.05, 0.1) is 6.26 Å². The molecule has 2 aromatic heterocycles. The Bertz CT molecular complexity index is 1120. The number of aromatic nitrogens is 1. The van der Waals surface area contributed by atoms with Crippen LogP contribution in [0.4, 0.5) is 4.39 Å². The molecule has 2 aromatic carbocycles. The van der Waals surface area contributed by atoms with Crippen molar-refractivity contribution in [1.82, 2.24) is 10.3 Å². The molecule has 0 radical (unpaired) electrons. The average molecular weight is 416 g/mol. The maximum absolute atomic E-state index is 13.0. The van der Waals surface area contributed by atoms with Crippen LogP contribution in [0.1, 0.15) is 17.5 Å². The largest absolute Gasteiger partial charge is 0.463 e. The van der Waals surface area contributed by atoms with Crippen LogP contribution in [0, 0.1) is 5.82 Å². The molecule has 0 saturated heterocycles. The number of carbonyl (C=O) groups is 1. The minimum absolute atomic E-state index is 0.0417. The number of hydrogen-bond donors (Lipinski definition) is 1. The fraction of sp³-hybridized carbons (Fsp3) is 0.120. The van der Waals surface area contributed by atoms with Gasteiger partial charge in [-0.25, -0.2) is 4.39 Å². The normalized spacial score (nSPS) is 10.6. The molecule has 6 heteroatoms. The van der Waals surface area contributed by atoms with Crippen molar-refractivity contribution in [3.8, 4) is 23.0 Å². The fourth-order valence-corrected chi connectivity index (χ4v) is 3.05. The van der Waals surface area contributed by atoms with Crippen LogP contribution in [0.3, 0.4) is 0 Å². The molecule has 0 unspecified atom stereocenters. The van der Waals surface area contributed by atoms with E-state index >= 15 is 0 Å². The van der Waals surface area contributed by atoms with Crippen molar-refractivity contribution in [2.24, 2.45) is 0 Å². The van der Waals surface area contributed by atoms with Crippen LogP contribution < -0.4 is 10.1 Å². The first kappa shape index (κ1) is 20.3. The summed E-state index contributed by atoms with van der Waals surface area (Å²) in [7, 11) is 0. The Hall–Kier alpha value is -3.93. The zero-order valence-electron chi connectivity index (χ0n) is 16.8. The monoisotopic (exact) mass is 416 g/mol. The van der Waals surface area contributed by atoms with Crippen molar-refractivity contribution in [2.45, 2.75) is 19.4 Å². The second-order valence-electron chi connectivity index (χ2n) is 7.01. The number of rotatable bonds is 8. The van der Waals surface area contributed by atoms with Crippen LogP contribution in [0.25, 0.3) is 11.5 Å². The summed E-state index contributed by atoms with van der Waals surface area (Å²) in [5.74, 6) is 1.56. The molecule has 1 N–H and O–H groups in total. The number of halogens is 1. The molecular weight excluding hydrogens is 395 g/mol. The SMILES string of the molecule is O=C(CCc1cccc(Oc2ccc(F)cc2)c1)NCc1ccc(-c2ccco2)nc1. The molecule has 0 aliphatic carbocycles. The van der Waals surface area contributed by atoms with Crippen LogP contribution >= 0.6 is 0 Å². The first-order valence-electron chi connectivity index (χ1n) is 9.93. The highest BCUT2D eigenvalue weighted by atomic mass is 19.1. The number of ether oxygens (including phenoxy) is 1. The summed E-state index contributed by atoms with van der Waals surface area (Å²) in [6, 6.07) is 20.8. The molecular formula is C25H21FN2O3. The number of nitrogens with one attached hydrogen (secondary N) is 1. The number of furan rings is 1. The van der Waals surface area contributed by atoms with Gasteiger partial charge in [0.1, 0.15) is 23.0 Å². The first-order valence-corrected chi connectivity index (χ1v) is 9.93. The maximum atomic E-state index is 13.0. The van der Waals surface area contributed by atoms with Crippen molar-refractivity contribution in [1.29, 1.82) is 0 Å². The van der Waals surface area contributed by atoms with Gasteiger partial charge in [0.15, 0.2) is 5.76 Å². The molecule has 5 nitrogen and oxygen atoms in total. The number of hydrogen-bond acceptors (Lipinski definition) is 4. The third-order valence-electron chi connectivity index (χ3n) is 4.68. The smallest absolute Gasteiger partial charge is 0.220 e. The number of nitrogens with zero attached hydrogens (tertiary/aromatic N) is 1. The van der Waals surface area contributed by atoms with E-state index in [4.69, 9.17) is 9.15 Å². The second-order valence-corrected chi connectivity index (χ2v) is 7.01. The second kappa shape index (κ2) is 9.71. The predicted molar refractivity (Wildman–Crippen MR) is 115 cm³/mol. The maximum Gasteiger partial charge on any atom is 0.220 e. The Labute approximate surface area is 179 Å². The summed E-state index contributed by atoms with van der Waals surface area (Å²) >= 11 is 0. The lowest BCUT2D eigenvalue weighted by Gasteiger charge is -2.08. The molecule has 31 heavy (non-hydrogen) atoms. The highest BCUT2D eigenvalue weighted by Gasteiger charge is 2.06. The van der Waals surface area contributed by atoms with E-state index in [1.54, 1.807) is 24.6 Å². The van der Waals surface area contributed by atoms with E-state index in [0.29, 0.717) is 36.6 Å². The average Bonchev–Trinajstić information content (AvgIpc) is 3.33. The van der Waals surface area contributed by atoms with Crippen LogP contribution in [0.5, 0.6) is 11.5 Å². The molecule has 0 spiro atoms. The van der Waals surface area contributed by atoms with Gasteiger partial charge >= 0.3 is 0 Å². The first-order chi connectivity index (χ1) is 15.2. The molecule has 0 atom stereocenters. The van der Waals surface area contributed by atoms with E-state index in [1.807, 2.05) is 48.5 Å². The number of amides is 1. The van der Waals surface area contributed by atoms with Gasteiger partial charge in [-0.2, -0.15) is 0 Å². The van der Waals surface area contributed by atoms with Crippen molar-refractivity contribution in [3.63, 3.8) is 0 Å². The van der Waals surface area contributed by atoms with E-state index in [1.165, 1.54) is 12.1 Å². The Morgan fingerprint density at radius 2 is 1.84 bits per heavy atom. The molecule has 0 bridgehead atoms. The van der Waals surface area contributed by atoms with Gasteiger partial charge in [0.25, 0.3) is 0 Å². The van der Waals surface area contributed by atoms with E-state index in [0.717, 1.165) is 16.8 Å². The molecule has 2 heterocycles. The summed E-state index contributed by atoms with van der Waals surface area (Å²) in [5, 5.41) is 2.91. The van der Waals surface area contributed by atoms with Crippen LogP contribution in [-0.4, -0.2) is 10.9 Å². The summed E-state index contributed by atoms with van der Waals surface area (Å²) in [6.45, 7) is 0.415. The minimum atomic E-state index is -0.309. The van der Waals surface area contributed by atoms with Gasteiger partial charge in [-0.05, 0) is 72.1 Å². The molecule has 0 fully saturated rings. The zero-order valence-corrected chi connectivity index (χ0v) is 16.8. The number of pyridine rings is 1. The quantitative estimate of drug-likeness (QED) is 0.411. The van der Waals surface area contributed by atoms with Crippen molar-refractivity contribution >= 4 is 5.91 Å². The Kier molecular flexibility index (Phi) is 6.38. The van der Waals surface area contributed by atoms with E-state index in [9.17, 15) is 9.18 Å².